The highest BCUT2D eigenvalue weighted by atomic mass is 35.5. The molecule has 0 saturated carbocycles. The van der Waals surface area contributed by atoms with Crippen molar-refractivity contribution in [2.75, 3.05) is 6.54 Å². The second kappa shape index (κ2) is 11.2. The van der Waals surface area contributed by atoms with Gasteiger partial charge in [0.15, 0.2) is 0 Å². The third kappa shape index (κ3) is 8.98. The Balaban J connectivity index is 0. The number of carbonyl (C=O) groups excluding carboxylic acids is 1. The highest BCUT2D eigenvalue weighted by Gasteiger charge is 2.12. The molecule has 0 aliphatic heterocycles. The molecule has 0 bridgehead atoms. The van der Waals surface area contributed by atoms with Crippen molar-refractivity contribution >= 4 is 18.3 Å². The number of hydrogen-bond donors (Lipinski definition) is 2. The van der Waals surface area contributed by atoms with Crippen LogP contribution in [0.4, 0.5) is 0 Å². The Morgan fingerprint density at radius 3 is 2.44 bits per heavy atom. The fourth-order valence-corrected chi connectivity index (χ4v) is 1.60. The minimum absolute atomic E-state index is 0. The number of amides is 1. The van der Waals surface area contributed by atoms with Crippen molar-refractivity contribution in [3.63, 3.8) is 0 Å². The molecule has 0 radical (unpaired) electrons. The van der Waals surface area contributed by atoms with Gasteiger partial charge in [-0.25, -0.2) is 0 Å². The van der Waals surface area contributed by atoms with Crippen LogP contribution in [-0.4, -0.2) is 18.5 Å². The normalized spacial score (nSPS) is 13.8. The molecule has 0 aromatic rings. The van der Waals surface area contributed by atoms with Crippen molar-refractivity contribution in [1.29, 1.82) is 0 Å². The molecule has 16 heavy (non-hydrogen) atoms. The summed E-state index contributed by atoms with van der Waals surface area (Å²) in [4.78, 5) is 11.6. The lowest BCUT2D eigenvalue weighted by Crippen LogP contribution is -2.38. The van der Waals surface area contributed by atoms with Gasteiger partial charge in [-0.05, 0) is 19.3 Å². The van der Waals surface area contributed by atoms with Gasteiger partial charge in [-0.15, -0.1) is 12.4 Å². The van der Waals surface area contributed by atoms with Crippen LogP contribution >= 0.6 is 12.4 Å². The molecular formula is C12H27ClN2O. The quantitative estimate of drug-likeness (QED) is 0.696. The van der Waals surface area contributed by atoms with Crippen LogP contribution in [0.5, 0.6) is 0 Å². The van der Waals surface area contributed by atoms with E-state index in [9.17, 15) is 4.79 Å². The van der Waals surface area contributed by atoms with Crippen LogP contribution in [0.3, 0.4) is 0 Å². The molecule has 0 spiro atoms. The Kier molecular flexibility index (Phi) is 12.7. The Morgan fingerprint density at radius 1 is 1.38 bits per heavy atom. The molecule has 1 amide bonds. The third-order valence-electron chi connectivity index (χ3n) is 2.78. The summed E-state index contributed by atoms with van der Waals surface area (Å²) in [6, 6.07) is 0.0983. The first-order chi connectivity index (χ1) is 7.13. The van der Waals surface area contributed by atoms with Gasteiger partial charge in [-0.2, -0.15) is 0 Å². The molecule has 98 valence electrons. The van der Waals surface area contributed by atoms with E-state index in [0.717, 1.165) is 12.8 Å². The van der Waals surface area contributed by atoms with Gasteiger partial charge in [0.25, 0.3) is 0 Å². The van der Waals surface area contributed by atoms with Crippen molar-refractivity contribution in [3.8, 4) is 0 Å². The van der Waals surface area contributed by atoms with E-state index >= 15 is 0 Å². The van der Waals surface area contributed by atoms with Gasteiger partial charge in [0.1, 0.15) is 0 Å². The smallest absolute Gasteiger partial charge is 0.220 e. The van der Waals surface area contributed by atoms with Gasteiger partial charge in [0.2, 0.25) is 5.91 Å². The van der Waals surface area contributed by atoms with Crippen molar-refractivity contribution in [3.05, 3.63) is 0 Å². The summed E-state index contributed by atoms with van der Waals surface area (Å²) < 4.78 is 0. The Labute approximate surface area is 106 Å². The molecule has 1 unspecified atom stereocenters. The van der Waals surface area contributed by atoms with Crippen molar-refractivity contribution in [1.82, 2.24) is 5.32 Å². The van der Waals surface area contributed by atoms with Crippen molar-refractivity contribution in [2.45, 2.75) is 58.9 Å². The minimum atomic E-state index is 0. The molecule has 3 N–H and O–H groups in total. The largest absolute Gasteiger partial charge is 0.352 e. The first kappa shape index (κ1) is 18.1. The summed E-state index contributed by atoms with van der Waals surface area (Å²) in [5.41, 5.74) is 5.45. The lowest BCUT2D eigenvalue weighted by molar-refractivity contribution is -0.122. The number of carbonyl (C=O) groups is 1. The van der Waals surface area contributed by atoms with Gasteiger partial charge in [-0.1, -0.05) is 33.1 Å². The molecule has 0 aromatic heterocycles. The van der Waals surface area contributed by atoms with Crippen LogP contribution < -0.4 is 11.1 Å². The predicted molar refractivity (Wildman–Crippen MR) is 71.8 cm³/mol. The zero-order chi connectivity index (χ0) is 11.7. The van der Waals surface area contributed by atoms with Crippen molar-refractivity contribution < 1.29 is 4.79 Å². The third-order valence-corrected chi connectivity index (χ3v) is 2.78. The number of nitrogens with two attached hydrogens (primary N) is 1. The van der Waals surface area contributed by atoms with E-state index in [2.05, 4.69) is 19.2 Å². The van der Waals surface area contributed by atoms with Crippen molar-refractivity contribution in [2.24, 2.45) is 11.7 Å². The number of halogens is 1. The highest BCUT2D eigenvalue weighted by Crippen LogP contribution is 2.16. The Hall–Kier alpha value is -0.280. The Bertz CT molecular complexity index is 176. The Morgan fingerprint density at radius 2 is 2.00 bits per heavy atom. The lowest BCUT2D eigenvalue weighted by Gasteiger charge is -2.16. The van der Waals surface area contributed by atoms with Gasteiger partial charge >= 0.3 is 0 Å². The monoisotopic (exact) mass is 250 g/mol. The molecule has 2 atom stereocenters. The van der Waals surface area contributed by atoms with Crippen LogP contribution in [0.15, 0.2) is 0 Å². The summed E-state index contributed by atoms with van der Waals surface area (Å²) in [6.07, 6.45) is 5.33. The van der Waals surface area contributed by atoms with Crippen LogP contribution in [0.1, 0.15) is 52.9 Å². The molecule has 4 heteroatoms. The topological polar surface area (TPSA) is 55.1 Å². The maximum atomic E-state index is 11.6. The van der Waals surface area contributed by atoms with Gasteiger partial charge in [-0.3, -0.25) is 4.79 Å². The van der Waals surface area contributed by atoms with E-state index in [1.54, 1.807) is 0 Å². The number of rotatable bonds is 8. The fourth-order valence-electron chi connectivity index (χ4n) is 1.60. The summed E-state index contributed by atoms with van der Waals surface area (Å²) in [5, 5.41) is 2.91. The summed E-state index contributed by atoms with van der Waals surface area (Å²) >= 11 is 0. The molecule has 0 aromatic carbocycles. The van der Waals surface area contributed by atoms with E-state index in [1.807, 2.05) is 6.92 Å². The van der Waals surface area contributed by atoms with Crippen LogP contribution in [0.25, 0.3) is 0 Å². The second-order valence-electron chi connectivity index (χ2n) is 4.32. The number of nitrogens with one attached hydrogen (secondary N) is 1. The molecule has 0 fully saturated rings. The minimum Gasteiger partial charge on any atom is -0.352 e. The van der Waals surface area contributed by atoms with Gasteiger partial charge in [0, 0.05) is 19.0 Å². The molecule has 0 rings (SSSR count). The second-order valence-corrected chi connectivity index (χ2v) is 4.32. The zero-order valence-corrected chi connectivity index (χ0v) is 11.6. The fraction of sp³-hybridized carbons (Fsp3) is 0.917. The summed E-state index contributed by atoms with van der Waals surface area (Å²) in [7, 11) is 0. The standard InChI is InChI=1S/C12H26N2O.ClH/c1-4-6-7-11(5-2)8-12(15)14-10(3)9-13;/h10-11H,4-9,13H2,1-3H3,(H,14,15);1H/t10-,11?;/m0./s1. The van der Waals surface area contributed by atoms with Crippen LogP contribution in [-0.2, 0) is 4.79 Å². The van der Waals surface area contributed by atoms with Gasteiger partial charge in [0.05, 0.1) is 0 Å². The van der Waals surface area contributed by atoms with E-state index in [4.69, 9.17) is 5.73 Å². The van der Waals surface area contributed by atoms with Crippen LogP contribution in [0, 0.1) is 5.92 Å². The number of unbranched alkanes of at least 4 members (excludes halogenated alkanes) is 1. The van der Waals surface area contributed by atoms with E-state index in [-0.39, 0.29) is 24.4 Å². The maximum Gasteiger partial charge on any atom is 0.220 e. The first-order valence-corrected chi connectivity index (χ1v) is 6.13. The molecular weight excluding hydrogens is 224 g/mol. The highest BCUT2D eigenvalue weighted by molar-refractivity contribution is 5.85. The predicted octanol–water partition coefficient (Wildman–Crippen LogP) is 2.48. The maximum absolute atomic E-state index is 11.6. The molecule has 0 aliphatic rings. The average Bonchev–Trinajstić information content (AvgIpc) is 2.23. The molecule has 0 heterocycles. The molecule has 0 saturated heterocycles. The van der Waals surface area contributed by atoms with E-state index < -0.39 is 0 Å². The zero-order valence-electron chi connectivity index (χ0n) is 10.8. The SMILES string of the molecule is CCCCC(CC)CC(=O)N[C@@H](C)CN.Cl. The molecule has 0 aliphatic carbocycles. The summed E-state index contributed by atoms with van der Waals surface area (Å²) in [6.45, 7) is 6.78. The lowest BCUT2D eigenvalue weighted by atomic mass is 9.95. The van der Waals surface area contributed by atoms with E-state index in [0.29, 0.717) is 18.9 Å². The van der Waals surface area contributed by atoms with Crippen LogP contribution in [0.2, 0.25) is 0 Å². The number of hydrogen-bond acceptors (Lipinski definition) is 2. The van der Waals surface area contributed by atoms with Gasteiger partial charge < -0.3 is 11.1 Å². The molecule has 3 nitrogen and oxygen atoms in total. The summed E-state index contributed by atoms with van der Waals surface area (Å²) in [5.74, 6) is 0.686. The van der Waals surface area contributed by atoms with E-state index in [1.165, 1.54) is 12.8 Å². The average molecular weight is 251 g/mol. The first-order valence-electron chi connectivity index (χ1n) is 6.13.